The molecule has 2 aromatic rings. The molecule has 116 valence electrons. The van der Waals surface area contributed by atoms with Crippen molar-refractivity contribution < 1.29 is 19.4 Å². The van der Waals surface area contributed by atoms with Gasteiger partial charge in [0.05, 0.1) is 11.5 Å². The van der Waals surface area contributed by atoms with Gasteiger partial charge < -0.3 is 25.8 Å². The van der Waals surface area contributed by atoms with Gasteiger partial charge in [0.25, 0.3) is 0 Å². The smallest absolute Gasteiger partial charge is 0.341 e. The van der Waals surface area contributed by atoms with E-state index in [4.69, 9.17) is 10.8 Å². The van der Waals surface area contributed by atoms with Gasteiger partial charge in [-0.3, -0.25) is 4.79 Å². The number of carbonyl (C=O) groups is 1. The van der Waals surface area contributed by atoms with Crippen LogP contribution in [0.5, 0.6) is 0 Å². The van der Waals surface area contributed by atoms with E-state index in [1.165, 1.54) is 4.90 Å². The van der Waals surface area contributed by atoms with Crippen LogP contribution in [0.15, 0.2) is 17.1 Å². The number of β-amino-alcohol motifs (C(OH)–C–C–N with tert-alkyl or cyclic N) is 1. The number of aliphatic hydroxyl groups is 1. The average molecular weight is 308 g/mol. The highest BCUT2D eigenvalue weighted by atomic mass is 19.1. The van der Waals surface area contributed by atoms with E-state index < -0.39 is 34.9 Å². The molecule has 2 unspecified atom stereocenters. The summed E-state index contributed by atoms with van der Waals surface area (Å²) in [5.74, 6) is -2.22. The number of carboxylic acid groups (broad SMARTS) is 1. The molecule has 3 heterocycles. The molecule has 0 amide bonds. The minimum Gasteiger partial charge on any atom is -0.477 e. The Morgan fingerprint density at radius 1 is 1.50 bits per heavy atom. The zero-order chi connectivity index (χ0) is 16.0. The number of hydrogen-bond donors (Lipinski definition) is 4. The highest BCUT2D eigenvalue weighted by Crippen LogP contribution is 2.23. The van der Waals surface area contributed by atoms with Crippen molar-refractivity contribution in [2.45, 2.75) is 12.1 Å². The lowest BCUT2D eigenvalue weighted by Gasteiger charge is -2.17. The van der Waals surface area contributed by atoms with Crippen LogP contribution in [0.4, 0.5) is 10.2 Å². The first-order chi connectivity index (χ1) is 10.4. The molecule has 0 bridgehead atoms. The Morgan fingerprint density at radius 2 is 2.23 bits per heavy atom. The van der Waals surface area contributed by atoms with E-state index >= 15 is 0 Å². The summed E-state index contributed by atoms with van der Waals surface area (Å²) in [4.78, 5) is 31.0. The summed E-state index contributed by atoms with van der Waals surface area (Å²) in [6.45, 7) is 0.363. The second kappa shape index (κ2) is 5.04. The number of halogens is 1. The zero-order valence-corrected chi connectivity index (χ0v) is 11.3. The van der Waals surface area contributed by atoms with Crippen LogP contribution in [0.1, 0.15) is 10.4 Å². The number of nitrogens with two attached hydrogens (primary N) is 1. The number of anilines is 1. The van der Waals surface area contributed by atoms with E-state index in [-0.39, 0.29) is 29.9 Å². The maximum Gasteiger partial charge on any atom is 0.341 e. The van der Waals surface area contributed by atoms with Crippen molar-refractivity contribution in [1.29, 1.82) is 0 Å². The molecule has 2 aromatic heterocycles. The fraction of sp³-hybridized carbons (Fsp3) is 0.308. The molecule has 1 aliphatic rings. The summed E-state index contributed by atoms with van der Waals surface area (Å²) < 4.78 is 14.2. The highest BCUT2D eigenvalue weighted by molar-refractivity contribution is 5.91. The van der Waals surface area contributed by atoms with Gasteiger partial charge >= 0.3 is 5.97 Å². The van der Waals surface area contributed by atoms with Gasteiger partial charge in [-0.1, -0.05) is 0 Å². The largest absolute Gasteiger partial charge is 0.477 e. The summed E-state index contributed by atoms with van der Waals surface area (Å²) >= 11 is 0. The van der Waals surface area contributed by atoms with Gasteiger partial charge in [-0.05, 0) is 6.07 Å². The van der Waals surface area contributed by atoms with Crippen LogP contribution in [-0.4, -0.2) is 51.4 Å². The predicted molar refractivity (Wildman–Crippen MR) is 75.5 cm³/mol. The van der Waals surface area contributed by atoms with E-state index in [1.807, 2.05) is 0 Å². The Morgan fingerprint density at radius 3 is 2.82 bits per heavy atom. The van der Waals surface area contributed by atoms with Crippen molar-refractivity contribution in [2.24, 2.45) is 5.73 Å². The normalized spacial score (nSPS) is 21.5. The Bertz CT molecular complexity index is 812. The lowest BCUT2D eigenvalue weighted by Crippen LogP contribution is -2.32. The number of pyridine rings is 2. The van der Waals surface area contributed by atoms with Gasteiger partial charge in [0, 0.05) is 25.3 Å². The number of nitrogens with zero attached hydrogens (tertiary/aromatic N) is 2. The van der Waals surface area contributed by atoms with Gasteiger partial charge in [0.1, 0.15) is 11.2 Å². The number of H-pyrrole nitrogens is 1. The Hall–Kier alpha value is -2.52. The fourth-order valence-corrected chi connectivity index (χ4v) is 2.48. The number of aromatic nitrogens is 2. The van der Waals surface area contributed by atoms with Gasteiger partial charge in [0.2, 0.25) is 5.43 Å². The van der Waals surface area contributed by atoms with Crippen LogP contribution in [0.2, 0.25) is 0 Å². The van der Waals surface area contributed by atoms with Crippen LogP contribution in [0, 0.1) is 5.82 Å². The number of aromatic amines is 1. The SMILES string of the molecule is NC1CN(c2nc3[nH]cc(C(=O)O)c(=O)c3cc2F)CC1O. The van der Waals surface area contributed by atoms with Crippen molar-refractivity contribution in [3.05, 3.63) is 33.9 Å². The molecule has 1 saturated heterocycles. The molecule has 2 atom stereocenters. The van der Waals surface area contributed by atoms with Gasteiger partial charge in [-0.25, -0.2) is 14.2 Å². The lowest BCUT2D eigenvalue weighted by molar-refractivity contribution is 0.0695. The summed E-state index contributed by atoms with van der Waals surface area (Å²) in [6.07, 6.45) is 0.233. The number of carboxylic acids is 1. The molecule has 0 aromatic carbocycles. The minimum absolute atomic E-state index is 0.0433. The van der Waals surface area contributed by atoms with Crippen molar-refractivity contribution in [1.82, 2.24) is 9.97 Å². The molecule has 22 heavy (non-hydrogen) atoms. The van der Waals surface area contributed by atoms with Gasteiger partial charge in [-0.15, -0.1) is 0 Å². The average Bonchev–Trinajstić information content (AvgIpc) is 2.78. The molecule has 0 radical (unpaired) electrons. The number of aliphatic hydroxyl groups excluding tert-OH is 1. The molecule has 5 N–H and O–H groups in total. The Balaban J connectivity index is 2.12. The van der Waals surface area contributed by atoms with Crippen molar-refractivity contribution >= 4 is 22.8 Å². The van der Waals surface area contributed by atoms with Crippen LogP contribution < -0.4 is 16.1 Å². The van der Waals surface area contributed by atoms with E-state index in [2.05, 4.69) is 9.97 Å². The third-order valence-corrected chi connectivity index (χ3v) is 3.66. The molecular formula is C13H13FN4O4. The number of aromatic carboxylic acids is 1. The van der Waals surface area contributed by atoms with Gasteiger partial charge in [-0.2, -0.15) is 0 Å². The quantitative estimate of drug-likeness (QED) is 0.575. The first-order valence-electron chi connectivity index (χ1n) is 6.52. The van der Waals surface area contributed by atoms with E-state index in [0.29, 0.717) is 0 Å². The van der Waals surface area contributed by atoms with Crippen molar-refractivity contribution in [2.75, 3.05) is 18.0 Å². The predicted octanol–water partition coefficient (Wildman–Crippen LogP) is -0.731. The van der Waals surface area contributed by atoms with E-state index in [0.717, 1.165) is 12.3 Å². The zero-order valence-electron chi connectivity index (χ0n) is 11.3. The van der Waals surface area contributed by atoms with Crippen LogP contribution in [-0.2, 0) is 0 Å². The summed E-state index contributed by atoms with van der Waals surface area (Å²) in [7, 11) is 0. The lowest BCUT2D eigenvalue weighted by atomic mass is 10.2. The molecule has 0 aliphatic carbocycles. The summed E-state index contributed by atoms with van der Waals surface area (Å²) in [5.41, 5.74) is 4.46. The van der Waals surface area contributed by atoms with Crippen molar-refractivity contribution in [3.8, 4) is 0 Å². The molecule has 9 heteroatoms. The topological polar surface area (TPSA) is 133 Å². The van der Waals surface area contributed by atoms with Gasteiger partial charge in [0.15, 0.2) is 11.6 Å². The molecular weight excluding hydrogens is 295 g/mol. The minimum atomic E-state index is -1.40. The molecule has 1 fully saturated rings. The highest BCUT2D eigenvalue weighted by Gasteiger charge is 2.31. The molecule has 1 aliphatic heterocycles. The maximum atomic E-state index is 14.2. The third kappa shape index (κ3) is 2.20. The van der Waals surface area contributed by atoms with Crippen LogP contribution in [0.25, 0.3) is 11.0 Å². The van der Waals surface area contributed by atoms with E-state index in [9.17, 15) is 19.1 Å². The monoisotopic (exact) mass is 308 g/mol. The van der Waals surface area contributed by atoms with Crippen LogP contribution >= 0.6 is 0 Å². The Kier molecular flexibility index (Phi) is 3.30. The number of rotatable bonds is 2. The first-order valence-corrected chi connectivity index (χ1v) is 6.52. The summed E-state index contributed by atoms with van der Waals surface area (Å²) in [5, 5.41) is 18.4. The fourth-order valence-electron chi connectivity index (χ4n) is 2.48. The van der Waals surface area contributed by atoms with Crippen molar-refractivity contribution in [3.63, 3.8) is 0 Å². The maximum absolute atomic E-state index is 14.2. The second-order valence-electron chi connectivity index (χ2n) is 5.16. The Labute approximate surface area is 123 Å². The molecule has 8 nitrogen and oxygen atoms in total. The molecule has 0 saturated carbocycles. The summed E-state index contributed by atoms with van der Waals surface area (Å²) in [6, 6.07) is 0.435. The third-order valence-electron chi connectivity index (χ3n) is 3.66. The second-order valence-corrected chi connectivity index (χ2v) is 5.16. The van der Waals surface area contributed by atoms with Crippen LogP contribution in [0.3, 0.4) is 0 Å². The number of fused-ring (bicyclic) bond motifs is 1. The molecule has 0 spiro atoms. The number of hydrogen-bond acceptors (Lipinski definition) is 6. The standard InChI is InChI=1S/C13H13FN4O4/c14-7-1-5-10(20)6(13(21)22)2-16-11(5)17-12(7)18-3-8(15)9(19)4-18/h1-2,8-9,19H,3-4,15H2,(H,21,22)(H,16,17,20). The number of nitrogens with one attached hydrogen (secondary N) is 1. The first kappa shape index (κ1) is 14.4. The molecule has 3 rings (SSSR count). The van der Waals surface area contributed by atoms with E-state index in [1.54, 1.807) is 0 Å².